The van der Waals surface area contributed by atoms with Crippen molar-refractivity contribution in [2.75, 3.05) is 132 Å². The zero-order chi connectivity index (χ0) is 45.1. The topological polar surface area (TPSA) is 162 Å². The summed E-state index contributed by atoms with van der Waals surface area (Å²) in [6.07, 6.45) is 0. The van der Waals surface area contributed by atoms with Gasteiger partial charge in [0.15, 0.2) is 0 Å². The highest BCUT2D eigenvalue weighted by Crippen LogP contribution is 2.33. The lowest BCUT2D eigenvalue weighted by Gasteiger charge is -2.09. The SMILES string of the molecule is c1cc2ccc1OCCOCCOCCOCCOCCOc1ccc(cc1)-c1nnc(s1)-c1ccc(cc1)OCCOCCOCCOCCOCCOc1ccc(cc1)-c1nnc-2s1. The van der Waals surface area contributed by atoms with E-state index in [1.807, 2.05) is 97.1 Å². The highest BCUT2D eigenvalue weighted by molar-refractivity contribution is 7.18. The molecule has 0 fully saturated rings. The molecule has 12 bridgehead atoms. The number of ether oxygens (including phenoxy) is 12. The van der Waals surface area contributed by atoms with E-state index in [-0.39, 0.29) is 0 Å². The van der Waals surface area contributed by atoms with Gasteiger partial charge in [-0.3, -0.25) is 0 Å². The molecule has 0 radical (unpaired) electrons. The molecule has 6 aromatic rings. The van der Waals surface area contributed by atoms with Crippen molar-refractivity contribution in [1.82, 2.24) is 20.4 Å². The Morgan fingerprint density at radius 3 is 0.576 bits per heavy atom. The Labute approximate surface area is 392 Å². The lowest BCUT2D eigenvalue weighted by atomic mass is 10.2. The van der Waals surface area contributed by atoms with Crippen molar-refractivity contribution < 1.29 is 56.8 Å². The number of benzene rings is 4. The second-order valence-electron chi connectivity index (χ2n) is 14.2. The summed E-state index contributed by atoms with van der Waals surface area (Å²) >= 11 is 3.05. The van der Waals surface area contributed by atoms with Gasteiger partial charge in [0.2, 0.25) is 0 Å². The third-order valence-corrected chi connectivity index (χ3v) is 11.5. The van der Waals surface area contributed by atoms with E-state index >= 15 is 0 Å². The maximum Gasteiger partial charge on any atom is 0.148 e. The van der Waals surface area contributed by atoms with E-state index in [1.165, 1.54) is 22.7 Å². The Hall–Kier alpha value is -5.12. The monoisotopic (exact) mass is 944 g/mol. The molecule has 12 heterocycles. The van der Waals surface area contributed by atoms with E-state index in [0.29, 0.717) is 132 Å². The van der Waals surface area contributed by atoms with Crippen molar-refractivity contribution >= 4 is 22.7 Å². The van der Waals surface area contributed by atoms with Gasteiger partial charge in [-0.1, -0.05) is 22.7 Å². The molecule has 18 heteroatoms. The first-order valence-corrected chi connectivity index (χ1v) is 23.6. The zero-order valence-electron chi connectivity index (χ0n) is 36.9. The molecule has 16 nitrogen and oxygen atoms in total. The smallest absolute Gasteiger partial charge is 0.148 e. The first kappa shape index (κ1) is 48.8. The Kier molecular flexibility index (Phi) is 21.3. The van der Waals surface area contributed by atoms with Crippen molar-refractivity contribution in [2.45, 2.75) is 0 Å². The van der Waals surface area contributed by atoms with Crippen LogP contribution in [0.15, 0.2) is 97.1 Å². The average molecular weight is 945 g/mol. The van der Waals surface area contributed by atoms with Crippen molar-refractivity contribution in [3.8, 4) is 65.3 Å². The van der Waals surface area contributed by atoms with Crippen LogP contribution in [-0.4, -0.2) is 153 Å². The van der Waals surface area contributed by atoms with Gasteiger partial charge in [0.1, 0.15) is 69.5 Å². The van der Waals surface area contributed by atoms with Crippen molar-refractivity contribution in [3.05, 3.63) is 97.1 Å². The van der Waals surface area contributed by atoms with Gasteiger partial charge in [-0.15, -0.1) is 20.4 Å². The van der Waals surface area contributed by atoms with Crippen LogP contribution in [0, 0.1) is 0 Å². The number of hydrogen-bond acceptors (Lipinski definition) is 18. The molecular weight excluding hydrogens is 889 g/mol. The van der Waals surface area contributed by atoms with Crippen LogP contribution in [-0.2, 0) is 37.9 Å². The quantitative estimate of drug-likeness (QED) is 0.148. The van der Waals surface area contributed by atoms with Crippen molar-refractivity contribution in [3.63, 3.8) is 0 Å². The summed E-state index contributed by atoms with van der Waals surface area (Å²) in [7, 11) is 0. The molecule has 0 aliphatic carbocycles. The number of nitrogens with zero attached hydrogens (tertiary/aromatic N) is 4. The van der Waals surface area contributed by atoms with Crippen LogP contribution in [0.5, 0.6) is 23.0 Å². The van der Waals surface area contributed by atoms with Crippen LogP contribution in [0.2, 0.25) is 0 Å². The van der Waals surface area contributed by atoms with Gasteiger partial charge >= 0.3 is 0 Å². The van der Waals surface area contributed by atoms with Crippen LogP contribution < -0.4 is 18.9 Å². The minimum atomic E-state index is 0.427. The zero-order valence-corrected chi connectivity index (χ0v) is 38.5. The molecule has 66 heavy (non-hydrogen) atoms. The lowest BCUT2D eigenvalue weighted by Crippen LogP contribution is -2.14. The molecule has 0 N–H and O–H groups in total. The van der Waals surface area contributed by atoms with E-state index in [1.54, 1.807) is 0 Å². The summed E-state index contributed by atoms with van der Waals surface area (Å²) in [6.45, 7) is 9.19. The summed E-state index contributed by atoms with van der Waals surface area (Å²) in [5.41, 5.74) is 3.86. The predicted molar refractivity (Wildman–Crippen MR) is 250 cm³/mol. The minimum Gasteiger partial charge on any atom is -0.491 e. The lowest BCUT2D eigenvalue weighted by molar-refractivity contribution is -0.00698. The van der Waals surface area contributed by atoms with Gasteiger partial charge in [0, 0.05) is 22.3 Å². The summed E-state index contributed by atoms with van der Waals surface area (Å²) < 4.78 is 68.4. The molecule has 10 aliphatic rings. The molecule has 0 saturated carbocycles. The molecule has 0 amide bonds. The Morgan fingerprint density at radius 2 is 0.394 bits per heavy atom. The predicted octanol–water partition coefficient (Wildman–Crippen LogP) is 7.42. The third kappa shape index (κ3) is 17.3. The van der Waals surface area contributed by atoms with Crippen molar-refractivity contribution in [1.29, 1.82) is 0 Å². The van der Waals surface area contributed by atoms with Crippen LogP contribution >= 0.6 is 22.7 Å². The first-order chi connectivity index (χ1) is 32.8. The minimum absolute atomic E-state index is 0.427. The molecule has 2 aromatic heterocycles. The standard InChI is InChI=1S/C48H56N4O12S2/c1-9-41-10-2-37(1)45-49-50-46(65-45)38-3-11-42(12-4-38)62-34-30-58-26-23-55-19-20-56-24-28-60-32-36-64-44-15-7-40(8-16-44)48-52-51-47(66-48)39-5-13-43(14-6-39)63-35-31-59-27-22-54-18-17-53-21-25-57-29-33-61-41/h1-16H,17-36H2. The summed E-state index contributed by atoms with van der Waals surface area (Å²) in [6, 6.07) is 31.2. The van der Waals surface area contributed by atoms with E-state index in [4.69, 9.17) is 56.8 Å². The summed E-state index contributed by atoms with van der Waals surface area (Å²) in [5.74, 6) is 3.01. The highest BCUT2D eigenvalue weighted by atomic mass is 32.1. The normalized spacial score (nSPS) is 17.1. The fourth-order valence-electron chi connectivity index (χ4n) is 6.09. The van der Waals surface area contributed by atoms with Gasteiger partial charge in [-0.25, -0.2) is 0 Å². The van der Waals surface area contributed by atoms with Gasteiger partial charge in [0.25, 0.3) is 0 Å². The summed E-state index contributed by atoms with van der Waals surface area (Å²) in [4.78, 5) is 0. The van der Waals surface area contributed by atoms with Gasteiger partial charge in [0.05, 0.1) is 106 Å². The fraction of sp³-hybridized carbons (Fsp3) is 0.417. The van der Waals surface area contributed by atoms with Crippen LogP contribution in [0.1, 0.15) is 0 Å². The van der Waals surface area contributed by atoms with Gasteiger partial charge in [-0.2, -0.15) is 0 Å². The van der Waals surface area contributed by atoms with E-state index in [9.17, 15) is 0 Å². The van der Waals surface area contributed by atoms with Crippen LogP contribution in [0.4, 0.5) is 0 Å². The molecule has 0 spiro atoms. The largest absolute Gasteiger partial charge is 0.491 e. The molecule has 4 aromatic carbocycles. The molecule has 0 atom stereocenters. The Bertz CT molecular complexity index is 1900. The molecule has 0 unspecified atom stereocenters. The van der Waals surface area contributed by atoms with Gasteiger partial charge < -0.3 is 56.8 Å². The summed E-state index contributed by atoms with van der Waals surface area (Å²) in [5, 5.41) is 20.9. The Balaban J connectivity index is 0.804. The highest BCUT2D eigenvalue weighted by Gasteiger charge is 2.12. The molecule has 352 valence electrons. The maximum absolute atomic E-state index is 5.85. The second kappa shape index (κ2) is 28.8. The molecule has 0 saturated heterocycles. The number of rotatable bonds is 0. The first-order valence-electron chi connectivity index (χ1n) is 22.0. The van der Waals surface area contributed by atoms with E-state index < -0.39 is 0 Å². The van der Waals surface area contributed by atoms with Crippen molar-refractivity contribution in [2.24, 2.45) is 0 Å². The molecule has 16 rings (SSSR count). The third-order valence-electron chi connectivity index (χ3n) is 9.47. The maximum atomic E-state index is 5.85. The number of aromatic nitrogens is 4. The Morgan fingerprint density at radius 1 is 0.227 bits per heavy atom. The van der Waals surface area contributed by atoms with E-state index in [0.717, 1.165) is 65.3 Å². The molecule has 10 aliphatic heterocycles. The average Bonchev–Trinajstić information content (AvgIpc) is 4.06. The fourth-order valence-corrected chi connectivity index (χ4v) is 7.79. The molecular formula is C48H56N4O12S2. The van der Waals surface area contributed by atoms with Crippen LogP contribution in [0.3, 0.4) is 0 Å². The van der Waals surface area contributed by atoms with Crippen LogP contribution in [0.25, 0.3) is 42.3 Å². The van der Waals surface area contributed by atoms with E-state index in [2.05, 4.69) is 20.4 Å². The number of hydrogen-bond donors (Lipinski definition) is 0. The van der Waals surface area contributed by atoms with Gasteiger partial charge in [-0.05, 0) is 97.1 Å². The second-order valence-corrected chi connectivity index (χ2v) is 16.2.